The van der Waals surface area contributed by atoms with E-state index in [0.717, 1.165) is 11.4 Å². The number of fused-ring (bicyclic) bond motifs is 20. The molecule has 18 aromatic carbocycles. The van der Waals surface area contributed by atoms with Crippen LogP contribution in [0.25, 0.3) is 199 Å². The molecule has 0 saturated carbocycles. The van der Waals surface area contributed by atoms with E-state index in [1.807, 2.05) is 0 Å². The fourth-order valence-corrected chi connectivity index (χ4v) is 20.2. The molecule has 0 saturated heterocycles. The van der Waals surface area contributed by atoms with Crippen molar-refractivity contribution >= 4 is 87.2 Å². The number of benzene rings is 18. The van der Waals surface area contributed by atoms with Crippen molar-refractivity contribution < 1.29 is 0 Å². The van der Waals surface area contributed by atoms with Gasteiger partial charge in [0.25, 0.3) is 0 Å². The summed E-state index contributed by atoms with van der Waals surface area (Å²) in [5.74, 6) is 0. The molecule has 118 heavy (non-hydrogen) atoms. The lowest BCUT2D eigenvalue weighted by atomic mass is 9.81. The van der Waals surface area contributed by atoms with Gasteiger partial charge in [-0.15, -0.1) is 0 Å². The highest BCUT2D eigenvalue weighted by molar-refractivity contribution is 6.19. The van der Waals surface area contributed by atoms with Crippen LogP contribution in [0.15, 0.2) is 413 Å². The molecule has 24 rings (SSSR count). The van der Waals surface area contributed by atoms with Gasteiger partial charge in [0.15, 0.2) is 0 Å². The normalized spacial score (nSPS) is 13.1. The summed E-state index contributed by atoms with van der Waals surface area (Å²) >= 11 is 0. The van der Waals surface area contributed by atoms with Gasteiger partial charge in [-0.25, -0.2) is 0 Å². The van der Waals surface area contributed by atoms with Crippen LogP contribution in [0.5, 0.6) is 0 Å². The van der Waals surface area contributed by atoms with E-state index in [0.29, 0.717) is 0 Å². The number of hydrogen-bond donors (Lipinski definition) is 0. The summed E-state index contributed by atoms with van der Waals surface area (Å²) in [4.78, 5) is 0. The number of hydrogen-bond acceptors (Lipinski definition) is 0. The summed E-state index contributed by atoms with van der Waals surface area (Å²) in [7, 11) is 0. The van der Waals surface area contributed by atoms with Gasteiger partial charge in [-0.1, -0.05) is 331 Å². The third-order valence-electron chi connectivity index (χ3n) is 25.8. The van der Waals surface area contributed by atoms with Crippen molar-refractivity contribution in [2.45, 2.75) is 38.5 Å². The van der Waals surface area contributed by atoms with E-state index in [-0.39, 0.29) is 10.8 Å². The zero-order valence-electron chi connectivity index (χ0n) is 66.0. The standard InChI is InChI=1S/2C57H40N2/c1-57(2)50-25-11-9-24-47(50)55-51(57)30-29-46-49-36-42(28-32-54(49)59(56(46)55)44-22-14-20-40(34-44)38-17-7-4-8-18-38)41-27-31-53-48(35-41)45-23-10-12-26-52(45)58(53)43-21-13-19-39(33-43)37-15-5-3-6-16-37;1-57(2)51-25-11-9-23-45(51)47-29-30-48-50-36-42(28-32-54(50)59(56(48)55(47)57)44-22-14-20-40(34-44)38-17-7-4-8-18-38)41-27-31-53-49(35-41)46-24-10-12-26-52(46)58(53)43-21-13-19-39(33-43)37-15-5-3-6-16-37/h2*3-36H,1-2H3. The maximum atomic E-state index is 2.54. The largest absolute Gasteiger partial charge is 0.309 e. The van der Waals surface area contributed by atoms with Gasteiger partial charge in [0.2, 0.25) is 0 Å². The molecule has 4 heteroatoms. The van der Waals surface area contributed by atoms with E-state index in [1.54, 1.807) is 0 Å². The van der Waals surface area contributed by atoms with Gasteiger partial charge >= 0.3 is 0 Å². The van der Waals surface area contributed by atoms with Crippen LogP contribution in [0.2, 0.25) is 0 Å². The summed E-state index contributed by atoms with van der Waals surface area (Å²) in [6, 6.07) is 152. The average Bonchev–Trinajstić information content (AvgIpc) is 1.54. The topological polar surface area (TPSA) is 19.7 Å². The van der Waals surface area contributed by atoms with Crippen LogP contribution in [-0.4, -0.2) is 18.3 Å². The Morgan fingerprint density at radius 1 is 0.169 bits per heavy atom. The Morgan fingerprint density at radius 2 is 0.475 bits per heavy atom. The van der Waals surface area contributed by atoms with E-state index < -0.39 is 0 Å². The highest BCUT2D eigenvalue weighted by Gasteiger charge is 2.40. The van der Waals surface area contributed by atoms with Gasteiger partial charge in [0, 0.05) is 82.2 Å². The third-order valence-corrected chi connectivity index (χ3v) is 25.8. The molecule has 0 fully saturated rings. The van der Waals surface area contributed by atoms with Crippen LogP contribution in [0.1, 0.15) is 49.9 Å². The lowest BCUT2D eigenvalue weighted by molar-refractivity contribution is 0.661. The highest BCUT2D eigenvalue weighted by Crippen LogP contribution is 2.56. The van der Waals surface area contributed by atoms with Crippen LogP contribution in [0, 0.1) is 0 Å². The van der Waals surface area contributed by atoms with Gasteiger partial charge in [-0.2, -0.15) is 0 Å². The van der Waals surface area contributed by atoms with Crippen LogP contribution >= 0.6 is 0 Å². The fourth-order valence-electron chi connectivity index (χ4n) is 20.2. The summed E-state index contributed by atoms with van der Waals surface area (Å²) in [5.41, 5.74) is 39.6. The second-order valence-corrected chi connectivity index (χ2v) is 33.1. The molecule has 2 aliphatic carbocycles. The number of rotatable bonds is 10. The average molecular weight is 1510 g/mol. The SMILES string of the molecule is CC1(C)c2ccccc2-c2c1ccc1c3cc(-c4ccc5c(c4)c4ccccc4n5-c4cccc(-c5ccccc5)c4)ccc3n(-c3cccc(-c4ccccc4)c3)c21.CC1(C)c2ccccc2-c2ccc3c4cc(-c5ccc6c(c5)c5ccccc5n6-c5cccc(-c6ccccc6)c5)ccc4n(-c4cccc(-c5ccccc5)c4)c3c21. The van der Waals surface area contributed by atoms with Crippen molar-refractivity contribution in [3.63, 3.8) is 0 Å². The molecule has 22 aromatic rings. The first kappa shape index (κ1) is 68.7. The molecule has 0 atom stereocenters. The van der Waals surface area contributed by atoms with Crippen LogP contribution < -0.4 is 0 Å². The third kappa shape index (κ3) is 10.8. The minimum atomic E-state index is -0.169. The van der Waals surface area contributed by atoms with Crippen LogP contribution in [-0.2, 0) is 10.8 Å². The molecule has 0 radical (unpaired) electrons. The van der Waals surface area contributed by atoms with E-state index in [1.165, 1.54) is 210 Å². The monoisotopic (exact) mass is 1500 g/mol. The molecule has 4 heterocycles. The Labute approximate surface area is 685 Å². The maximum Gasteiger partial charge on any atom is 0.0622 e. The van der Waals surface area contributed by atoms with Crippen molar-refractivity contribution in [1.82, 2.24) is 18.3 Å². The molecule has 4 aromatic heterocycles. The van der Waals surface area contributed by atoms with Crippen molar-refractivity contribution in [1.29, 1.82) is 0 Å². The molecule has 556 valence electrons. The van der Waals surface area contributed by atoms with Crippen molar-refractivity contribution in [2.24, 2.45) is 0 Å². The molecule has 0 aliphatic heterocycles. The number of aromatic nitrogens is 4. The summed E-state index contributed by atoms with van der Waals surface area (Å²) in [6.07, 6.45) is 0. The number of para-hydroxylation sites is 2. The minimum absolute atomic E-state index is 0.101. The predicted octanol–water partition coefficient (Wildman–Crippen LogP) is 30.4. The molecule has 0 bridgehead atoms. The molecular formula is C114H80N4. The summed E-state index contributed by atoms with van der Waals surface area (Å²) in [6.45, 7) is 9.54. The highest BCUT2D eigenvalue weighted by atomic mass is 15.0. The van der Waals surface area contributed by atoms with Gasteiger partial charge in [-0.05, 0) is 215 Å². The van der Waals surface area contributed by atoms with E-state index in [9.17, 15) is 0 Å². The molecule has 0 unspecified atom stereocenters. The van der Waals surface area contributed by atoms with Crippen molar-refractivity contribution in [3.8, 4) is 112 Å². The molecule has 4 nitrogen and oxygen atoms in total. The smallest absolute Gasteiger partial charge is 0.0622 e. The van der Waals surface area contributed by atoms with Gasteiger partial charge in [-0.3, -0.25) is 0 Å². The quantitative estimate of drug-likeness (QED) is 0.130. The van der Waals surface area contributed by atoms with E-state index in [2.05, 4.69) is 458 Å². The molecular weight excluding hydrogens is 1430 g/mol. The van der Waals surface area contributed by atoms with Crippen LogP contribution in [0.3, 0.4) is 0 Å². The Morgan fingerprint density at radius 3 is 0.907 bits per heavy atom. The predicted molar refractivity (Wildman–Crippen MR) is 498 cm³/mol. The molecule has 0 N–H and O–H groups in total. The van der Waals surface area contributed by atoms with Gasteiger partial charge in [0.1, 0.15) is 0 Å². The van der Waals surface area contributed by atoms with E-state index in [4.69, 9.17) is 0 Å². The van der Waals surface area contributed by atoms with Crippen molar-refractivity contribution in [2.75, 3.05) is 0 Å². The Balaban J connectivity index is 0.000000138. The Bertz CT molecular complexity index is 7840. The van der Waals surface area contributed by atoms with Crippen LogP contribution in [0.4, 0.5) is 0 Å². The molecule has 2 aliphatic rings. The summed E-state index contributed by atoms with van der Waals surface area (Å²) < 4.78 is 9.90. The lowest BCUT2D eigenvalue weighted by Gasteiger charge is -2.23. The second-order valence-electron chi connectivity index (χ2n) is 33.1. The Kier molecular flexibility index (Phi) is 15.7. The minimum Gasteiger partial charge on any atom is -0.309 e. The van der Waals surface area contributed by atoms with E-state index >= 15 is 0 Å². The van der Waals surface area contributed by atoms with Gasteiger partial charge < -0.3 is 18.3 Å². The zero-order chi connectivity index (χ0) is 78.5. The molecule has 0 amide bonds. The first-order valence-corrected chi connectivity index (χ1v) is 41.2. The van der Waals surface area contributed by atoms with Crippen molar-refractivity contribution in [3.05, 3.63) is 435 Å². The number of nitrogens with zero attached hydrogens (tertiary/aromatic N) is 4. The first-order valence-electron chi connectivity index (χ1n) is 41.2. The fraction of sp³-hybridized carbons (Fsp3) is 0.0526. The van der Waals surface area contributed by atoms with Gasteiger partial charge in [0.05, 0.1) is 44.1 Å². The zero-order valence-corrected chi connectivity index (χ0v) is 66.0. The second kappa shape index (κ2) is 26.9. The lowest BCUT2D eigenvalue weighted by Crippen LogP contribution is -2.16. The maximum absolute atomic E-state index is 2.54. The summed E-state index contributed by atoms with van der Waals surface area (Å²) in [5, 5.41) is 10.1. The molecule has 0 spiro atoms. The first-order chi connectivity index (χ1) is 58.1. The Hall–Kier alpha value is -14.8.